The lowest BCUT2D eigenvalue weighted by Crippen LogP contribution is -1.93. The number of rotatable bonds is 3. The van der Waals surface area contributed by atoms with Crippen LogP contribution in [0.1, 0.15) is 18.1 Å². The number of aliphatic hydroxyl groups excluding tert-OH is 1. The van der Waals surface area contributed by atoms with Crippen LogP contribution in [-0.2, 0) is 0 Å². The third kappa shape index (κ3) is 2.20. The van der Waals surface area contributed by atoms with E-state index in [1.54, 1.807) is 6.08 Å². The predicted molar refractivity (Wildman–Crippen MR) is 46.2 cm³/mol. The van der Waals surface area contributed by atoms with Gasteiger partial charge in [-0.2, -0.15) is 0 Å². The van der Waals surface area contributed by atoms with Gasteiger partial charge >= 0.3 is 0 Å². The van der Waals surface area contributed by atoms with Gasteiger partial charge in [-0.1, -0.05) is 36.4 Å². The minimum Gasteiger partial charge on any atom is -0.388 e. The molecule has 58 valence electrons. The molecule has 0 aromatic heterocycles. The second-order valence-electron chi connectivity index (χ2n) is 2.45. The Morgan fingerprint density at radius 3 is 2.55 bits per heavy atom. The van der Waals surface area contributed by atoms with Gasteiger partial charge in [-0.05, 0) is 12.0 Å². The highest BCUT2D eigenvalue weighted by Gasteiger charge is 2.02. The second kappa shape index (κ2) is 3.94. The smallest absolute Gasteiger partial charge is 0.0824 e. The van der Waals surface area contributed by atoms with Crippen molar-refractivity contribution in [1.29, 1.82) is 0 Å². The van der Waals surface area contributed by atoms with Crippen LogP contribution in [0.15, 0.2) is 43.0 Å². The van der Waals surface area contributed by atoms with E-state index in [0.717, 1.165) is 5.56 Å². The molecule has 1 nitrogen and oxygen atoms in total. The average molecular weight is 148 g/mol. The monoisotopic (exact) mass is 148 g/mol. The highest BCUT2D eigenvalue weighted by Crippen LogP contribution is 2.15. The van der Waals surface area contributed by atoms with Crippen molar-refractivity contribution in [2.24, 2.45) is 0 Å². The lowest BCUT2D eigenvalue weighted by atomic mass is 10.1. The van der Waals surface area contributed by atoms with Crippen LogP contribution in [-0.4, -0.2) is 5.11 Å². The summed E-state index contributed by atoms with van der Waals surface area (Å²) in [4.78, 5) is 0. The molecule has 0 unspecified atom stereocenters. The molecular weight excluding hydrogens is 136 g/mol. The van der Waals surface area contributed by atoms with Crippen LogP contribution in [0, 0.1) is 0 Å². The maximum absolute atomic E-state index is 9.45. The van der Waals surface area contributed by atoms with Crippen molar-refractivity contribution in [3.63, 3.8) is 0 Å². The zero-order chi connectivity index (χ0) is 8.10. The van der Waals surface area contributed by atoms with Crippen LogP contribution in [0.4, 0.5) is 0 Å². The Labute approximate surface area is 67.0 Å². The highest BCUT2D eigenvalue weighted by molar-refractivity contribution is 5.17. The molecule has 0 heterocycles. The van der Waals surface area contributed by atoms with Gasteiger partial charge in [0.1, 0.15) is 0 Å². The molecule has 0 spiro atoms. The van der Waals surface area contributed by atoms with Crippen molar-refractivity contribution in [3.8, 4) is 0 Å². The molecule has 1 rings (SSSR count). The fraction of sp³-hybridized carbons (Fsp3) is 0.200. The number of aliphatic hydroxyl groups is 1. The summed E-state index contributed by atoms with van der Waals surface area (Å²) >= 11 is 0. The molecular formula is C10H12O. The standard InChI is InChI=1S/C10H12O/c1-2-6-10(11)9-7-4-3-5-8-9/h2-5,7-8,10-11H,1,6H2/t10-/m1/s1. The van der Waals surface area contributed by atoms with Crippen molar-refractivity contribution in [2.45, 2.75) is 12.5 Å². The van der Waals surface area contributed by atoms with E-state index in [9.17, 15) is 5.11 Å². The molecule has 0 radical (unpaired) electrons. The number of hydrogen-bond acceptors (Lipinski definition) is 1. The Balaban J connectivity index is 2.68. The maximum Gasteiger partial charge on any atom is 0.0824 e. The summed E-state index contributed by atoms with van der Waals surface area (Å²) in [6.07, 6.45) is 1.94. The first-order chi connectivity index (χ1) is 5.34. The molecule has 1 atom stereocenters. The molecule has 11 heavy (non-hydrogen) atoms. The minimum atomic E-state index is -0.395. The van der Waals surface area contributed by atoms with E-state index in [4.69, 9.17) is 0 Å². The van der Waals surface area contributed by atoms with E-state index in [0.29, 0.717) is 6.42 Å². The van der Waals surface area contributed by atoms with Crippen molar-refractivity contribution in [1.82, 2.24) is 0 Å². The maximum atomic E-state index is 9.45. The Bertz CT molecular complexity index is 216. The largest absolute Gasteiger partial charge is 0.388 e. The van der Waals surface area contributed by atoms with Gasteiger partial charge in [0, 0.05) is 0 Å². The third-order valence-electron chi connectivity index (χ3n) is 1.57. The number of benzene rings is 1. The van der Waals surface area contributed by atoms with E-state index in [1.807, 2.05) is 30.3 Å². The van der Waals surface area contributed by atoms with Crippen molar-refractivity contribution < 1.29 is 5.11 Å². The molecule has 0 bridgehead atoms. The van der Waals surface area contributed by atoms with E-state index >= 15 is 0 Å². The van der Waals surface area contributed by atoms with Gasteiger partial charge < -0.3 is 5.11 Å². The molecule has 0 aliphatic heterocycles. The van der Waals surface area contributed by atoms with Crippen LogP contribution in [0.2, 0.25) is 0 Å². The Hall–Kier alpha value is -1.08. The van der Waals surface area contributed by atoms with Crippen molar-refractivity contribution in [2.75, 3.05) is 0 Å². The molecule has 1 aromatic rings. The van der Waals surface area contributed by atoms with Gasteiger partial charge in [-0.25, -0.2) is 0 Å². The first-order valence-electron chi connectivity index (χ1n) is 3.68. The Morgan fingerprint density at radius 2 is 2.00 bits per heavy atom. The van der Waals surface area contributed by atoms with Gasteiger partial charge in [0.05, 0.1) is 6.10 Å². The van der Waals surface area contributed by atoms with Gasteiger partial charge in [0.2, 0.25) is 0 Å². The normalized spacial score (nSPS) is 12.5. The van der Waals surface area contributed by atoms with Crippen LogP contribution >= 0.6 is 0 Å². The van der Waals surface area contributed by atoms with Gasteiger partial charge in [-0.3, -0.25) is 0 Å². The summed E-state index contributed by atoms with van der Waals surface area (Å²) in [6, 6.07) is 9.59. The molecule has 0 aliphatic rings. The van der Waals surface area contributed by atoms with E-state index < -0.39 is 6.10 Å². The van der Waals surface area contributed by atoms with Crippen LogP contribution < -0.4 is 0 Å². The molecule has 0 saturated carbocycles. The minimum absolute atomic E-state index is 0.395. The fourth-order valence-electron chi connectivity index (χ4n) is 0.969. The quantitative estimate of drug-likeness (QED) is 0.652. The van der Waals surface area contributed by atoms with Crippen LogP contribution in [0.3, 0.4) is 0 Å². The molecule has 0 amide bonds. The molecule has 1 aromatic carbocycles. The van der Waals surface area contributed by atoms with Crippen LogP contribution in [0.25, 0.3) is 0 Å². The SMILES string of the molecule is C=CC[C@@H](O)c1ccccc1. The van der Waals surface area contributed by atoms with Gasteiger partial charge in [0.15, 0.2) is 0 Å². The summed E-state index contributed by atoms with van der Waals surface area (Å²) in [6.45, 7) is 3.57. The predicted octanol–water partition coefficient (Wildman–Crippen LogP) is 2.30. The first kappa shape index (κ1) is 8.02. The fourth-order valence-corrected chi connectivity index (χ4v) is 0.969. The second-order valence-corrected chi connectivity index (χ2v) is 2.45. The van der Waals surface area contributed by atoms with Crippen LogP contribution in [0.5, 0.6) is 0 Å². The third-order valence-corrected chi connectivity index (χ3v) is 1.57. The van der Waals surface area contributed by atoms with E-state index in [-0.39, 0.29) is 0 Å². The topological polar surface area (TPSA) is 20.2 Å². The van der Waals surface area contributed by atoms with Crippen molar-refractivity contribution in [3.05, 3.63) is 48.6 Å². The zero-order valence-corrected chi connectivity index (χ0v) is 6.40. The summed E-state index contributed by atoms with van der Waals surface area (Å²) in [5, 5.41) is 9.45. The summed E-state index contributed by atoms with van der Waals surface area (Å²) in [7, 11) is 0. The summed E-state index contributed by atoms with van der Waals surface area (Å²) < 4.78 is 0. The van der Waals surface area contributed by atoms with Gasteiger partial charge in [-0.15, -0.1) is 6.58 Å². The molecule has 1 N–H and O–H groups in total. The zero-order valence-electron chi connectivity index (χ0n) is 6.40. The summed E-state index contributed by atoms with van der Waals surface area (Å²) in [5.41, 5.74) is 0.951. The summed E-state index contributed by atoms with van der Waals surface area (Å²) in [5.74, 6) is 0. The van der Waals surface area contributed by atoms with E-state index in [1.165, 1.54) is 0 Å². The molecule has 0 saturated heterocycles. The van der Waals surface area contributed by atoms with E-state index in [2.05, 4.69) is 6.58 Å². The highest BCUT2D eigenvalue weighted by atomic mass is 16.3. The average Bonchev–Trinajstić information content (AvgIpc) is 2.07. The number of hydrogen-bond donors (Lipinski definition) is 1. The first-order valence-corrected chi connectivity index (χ1v) is 3.68. The lowest BCUT2D eigenvalue weighted by molar-refractivity contribution is 0.181. The lowest BCUT2D eigenvalue weighted by Gasteiger charge is -2.06. The molecule has 0 fully saturated rings. The Morgan fingerprint density at radius 1 is 1.36 bits per heavy atom. The molecule has 0 aliphatic carbocycles. The van der Waals surface area contributed by atoms with Crippen molar-refractivity contribution >= 4 is 0 Å². The van der Waals surface area contributed by atoms with Gasteiger partial charge in [0.25, 0.3) is 0 Å². The molecule has 1 heteroatoms. The Kier molecular flexibility index (Phi) is 2.87.